The van der Waals surface area contributed by atoms with Crippen molar-refractivity contribution in [3.05, 3.63) is 25.0 Å². The quantitative estimate of drug-likeness (QED) is 0.752. The van der Waals surface area contributed by atoms with Crippen LogP contribution in [0, 0.1) is 5.92 Å². The molecular formula is C17H20N8O. The van der Waals surface area contributed by atoms with Gasteiger partial charge in [0.15, 0.2) is 17.3 Å². The summed E-state index contributed by atoms with van der Waals surface area (Å²) in [5.41, 5.74) is 1.61. The Kier molecular flexibility index (Phi) is 3.58. The maximum absolute atomic E-state index is 5.41. The Hall–Kier alpha value is -2.97. The Bertz CT molecular complexity index is 928. The number of H-pyrrole nitrogens is 1. The van der Waals surface area contributed by atoms with E-state index in [1.807, 2.05) is 0 Å². The summed E-state index contributed by atoms with van der Waals surface area (Å²) in [5, 5.41) is 0. The van der Waals surface area contributed by atoms with Gasteiger partial charge in [0.05, 0.1) is 19.5 Å². The van der Waals surface area contributed by atoms with E-state index in [9.17, 15) is 0 Å². The maximum Gasteiger partial charge on any atom is 0.257 e. The molecule has 0 spiro atoms. The monoisotopic (exact) mass is 352 g/mol. The number of piperidine rings is 1. The third-order valence-corrected chi connectivity index (χ3v) is 5.48. The molecule has 2 saturated heterocycles. The number of nitrogens with zero attached hydrogens (tertiary/aromatic N) is 7. The average Bonchev–Trinajstić information content (AvgIpc) is 3.34. The first-order valence-corrected chi connectivity index (χ1v) is 8.86. The van der Waals surface area contributed by atoms with Crippen LogP contribution in [0.2, 0.25) is 0 Å². The highest BCUT2D eigenvalue weighted by Gasteiger charge is 2.40. The van der Waals surface area contributed by atoms with Crippen LogP contribution in [0.5, 0.6) is 5.88 Å². The van der Waals surface area contributed by atoms with Crippen LogP contribution in [0.4, 0.5) is 11.6 Å². The molecule has 2 aliphatic heterocycles. The van der Waals surface area contributed by atoms with Crippen molar-refractivity contribution in [2.75, 3.05) is 36.5 Å². The lowest BCUT2D eigenvalue weighted by Gasteiger charge is -2.39. The lowest BCUT2D eigenvalue weighted by Crippen LogP contribution is -2.49. The van der Waals surface area contributed by atoms with Gasteiger partial charge in [0.25, 0.3) is 5.88 Å². The summed E-state index contributed by atoms with van der Waals surface area (Å²) < 4.78 is 5.41. The van der Waals surface area contributed by atoms with Gasteiger partial charge in [-0.2, -0.15) is 0 Å². The van der Waals surface area contributed by atoms with E-state index < -0.39 is 0 Å². The molecule has 1 N–H and O–H groups in total. The minimum atomic E-state index is 0.372. The van der Waals surface area contributed by atoms with Crippen molar-refractivity contribution < 1.29 is 4.74 Å². The molecule has 9 heteroatoms. The van der Waals surface area contributed by atoms with Crippen molar-refractivity contribution in [1.29, 1.82) is 0 Å². The standard InChI is InChI=1S/C17H20N8O/c1-26-17-16(18-4-5-19-17)24-6-2-11-3-7-25(12(11)8-24)15-13-14(21-9-20-13)22-10-23-15/h4-5,9-12H,2-3,6-8H2,1H3,(H,20,21,22,23). The Morgan fingerprint density at radius 2 is 1.92 bits per heavy atom. The largest absolute Gasteiger partial charge is 0.478 e. The highest BCUT2D eigenvalue weighted by molar-refractivity contribution is 5.83. The molecule has 0 aromatic carbocycles. The topological polar surface area (TPSA) is 96.0 Å². The smallest absolute Gasteiger partial charge is 0.257 e. The van der Waals surface area contributed by atoms with Crippen molar-refractivity contribution in [3.8, 4) is 5.88 Å². The second-order valence-corrected chi connectivity index (χ2v) is 6.73. The van der Waals surface area contributed by atoms with E-state index in [1.165, 1.54) is 6.42 Å². The maximum atomic E-state index is 5.41. The molecule has 5 rings (SSSR count). The summed E-state index contributed by atoms with van der Waals surface area (Å²) >= 11 is 0. The lowest BCUT2D eigenvalue weighted by molar-refractivity contribution is 0.371. The molecule has 0 radical (unpaired) electrons. The molecule has 0 aliphatic carbocycles. The minimum Gasteiger partial charge on any atom is -0.478 e. The summed E-state index contributed by atoms with van der Waals surface area (Å²) in [6, 6.07) is 0.372. The summed E-state index contributed by atoms with van der Waals surface area (Å²) in [6.45, 7) is 2.83. The van der Waals surface area contributed by atoms with Crippen LogP contribution in [0.25, 0.3) is 11.2 Å². The summed E-state index contributed by atoms with van der Waals surface area (Å²) in [7, 11) is 1.64. The zero-order chi connectivity index (χ0) is 17.5. The molecule has 3 aromatic rings. The zero-order valence-corrected chi connectivity index (χ0v) is 14.5. The molecule has 5 heterocycles. The number of hydrogen-bond donors (Lipinski definition) is 1. The van der Waals surface area contributed by atoms with Crippen molar-refractivity contribution >= 4 is 22.8 Å². The normalized spacial score (nSPS) is 22.7. The molecule has 9 nitrogen and oxygen atoms in total. The minimum absolute atomic E-state index is 0.372. The Morgan fingerprint density at radius 1 is 1.04 bits per heavy atom. The summed E-state index contributed by atoms with van der Waals surface area (Å²) in [6.07, 6.45) is 8.95. The van der Waals surface area contributed by atoms with Gasteiger partial charge in [-0.3, -0.25) is 0 Å². The fourth-order valence-corrected chi connectivity index (χ4v) is 4.24. The van der Waals surface area contributed by atoms with Gasteiger partial charge in [0, 0.05) is 32.0 Å². The second kappa shape index (κ2) is 6.08. The van der Waals surface area contributed by atoms with E-state index >= 15 is 0 Å². The first kappa shape index (κ1) is 15.3. The number of ether oxygens (including phenoxy) is 1. The number of fused-ring (bicyclic) bond motifs is 2. The van der Waals surface area contributed by atoms with Crippen molar-refractivity contribution in [3.63, 3.8) is 0 Å². The fourth-order valence-electron chi connectivity index (χ4n) is 4.24. The van der Waals surface area contributed by atoms with Gasteiger partial charge in [0.1, 0.15) is 11.8 Å². The van der Waals surface area contributed by atoms with Gasteiger partial charge in [-0.15, -0.1) is 0 Å². The molecule has 2 atom stereocenters. The second-order valence-electron chi connectivity index (χ2n) is 6.73. The van der Waals surface area contributed by atoms with Crippen LogP contribution in [-0.2, 0) is 0 Å². The van der Waals surface area contributed by atoms with Crippen LogP contribution < -0.4 is 14.5 Å². The van der Waals surface area contributed by atoms with Crippen LogP contribution in [0.3, 0.4) is 0 Å². The number of methoxy groups -OCH3 is 1. The van der Waals surface area contributed by atoms with Gasteiger partial charge < -0.3 is 19.5 Å². The SMILES string of the molecule is COc1nccnc1N1CCC2CCN(c3ncnc4nc[nH]c34)C2C1. The lowest BCUT2D eigenvalue weighted by atomic mass is 9.92. The van der Waals surface area contributed by atoms with E-state index in [-0.39, 0.29) is 0 Å². The molecule has 3 aromatic heterocycles. The van der Waals surface area contributed by atoms with Crippen molar-refractivity contribution in [2.24, 2.45) is 5.92 Å². The van der Waals surface area contributed by atoms with Gasteiger partial charge in [-0.25, -0.2) is 24.9 Å². The summed E-state index contributed by atoms with van der Waals surface area (Å²) in [4.78, 5) is 29.7. The number of hydrogen-bond acceptors (Lipinski definition) is 8. The van der Waals surface area contributed by atoms with Crippen molar-refractivity contribution in [1.82, 2.24) is 29.9 Å². The van der Waals surface area contributed by atoms with Crippen LogP contribution in [-0.4, -0.2) is 62.7 Å². The van der Waals surface area contributed by atoms with Crippen LogP contribution in [0.1, 0.15) is 12.8 Å². The Balaban J connectivity index is 1.47. The molecule has 0 amide bonds. The molecule has 26 heavy (non-hydrogen) atoms. The van der Waals surface area contributed by atoms with Gasteiger partial charge in [-0.1, -0.05) is 0 Å². The average molecular weight is 352 g/mol. The molecular weight excluding hydrogens is 332 g/mol. The van der Waals surface area contributed by atoms with E-state index in [4.69, 9.17) is 4.74 Å². The van der Waals surface area contributed by atoms with E-state index in [0.717, 1.165) is 43.2 Å². The number of aromatic nitrogens is 6. The Morgan fingerprint density at radius 3 is 2.85 bits per heavy atom. The summed E-state index contributed by atoms with van der Waals surface area (Å²) in [5.74, 6) is 2.98. The van der Waals surface area contributed by atoms with E-state index in [1.54, 1.807) is 32.2 Å². The highest BCUT2D eigenvalue weighted by Crippen LogP contribution is 2.38. The van der Waals surface area contributed by atoms with Gasteiger partial charge >= 0.3 is 0 Å². The first-order valence-electron chi connectivity index (χ1n) is 8.86. The molecule has 0 bridgehead atoms. The zero-order valence-electron chi connectivity index (χ0n) is 14.5. The number of imidazole rings is 1. The Labute approximate surface area is 150 Å². The predicted molar refractivity (Wildman–Crippen MR) is 96.3 cm³/mol. The third-order valence-electron chi connectivity index (χ3n) is 5.48. The molecule has 134 valence electrons. The highest BCUT2D eigenvalue weighted by atomic mass is 16.5. The number of rotatable bonds is 3. The van der Waals surface area contributed by atoms with Crippen molar-refractivity contribution in [2.45, 2.75) is 18.9 Å². The molecule has 2 fully saturated rings. The molecule has 2 aliphatic rings. The fraction of sp³-hybridized carbons (Fsp3) is 0.471. The van der Waals surface area contributed by atoms with Crippen LogP contribution in [0.15, 0.2) is 25.0 Å². The predicted octanol–water partition coefficient (Wildman–Crippen LogP) is 1.26. The van der Waals surface area contributed by atoms with E-state index in [2.05, 4.69) is 39.7 Å². The number of anilines is 2. The number of nitrogens with one attached hydrogen (secondary N) is 1. The third kappa shape index (κ3) is 2.34. The first-order chi connectivity index (χ1) is 12.8. The van der Waals surface area contributed by atoms with Gasteiger partial charge in [0.2, 0.25) is 0 Å². The molecule has 0 saturated carbocycles. The number of aromatic amines is 1. The molecule has 2 unspecified atom stereocenters. The van der Waals surface area contributed by atoms with Gasteiger partial charge in [-0.05, 0) is 18.8 Å². The van der Waals surface area contributed by atoms with Crippen LogP contribution >= 0.6 is 0 Å². The van der Waals surface area contributed by atoms with E-state index in [0.29, 0.717) is 23.5 Å².